The van der Waals surface area contributed by atoms with Gasteiger partial charge in [0, 0.05) is 0 Å². The molecular formula is C16H18O. The SMILES string of the molecule is Cc1cc(C)cc(C(C)(O)c2ccccc2)c1. The van der Waals surface area contributed by atoms with E-state index in [2.05, 4.69) is 19.9 Å². The van der Waals surface area contributed by atoms with Crippen LogP contribution >= 0.6 is 0 Å². The largest absolute Gasteiger partial charge is 0.381 e. The van der Waals surface area contributed by atoms with Crippen LogP contribution in [0.4, 0.5) is 0 Å². The summed E-state index contributed by atoms with van der Waals surface area (Å²) in [7, 11) is 0. The van der Waals surface area contributed by atoms with E-state index >= 15 is 0 Å². The number of hydrogen-bond donors (Lipinski definition) is 1. The monoisotopic (exact) mass is 226 g/mol. The van der Waals surface area contributed by atoms with Gasteiger partial charge in [-0.15, -0.1) is 0 Å². The molecule has 0 radical (unpaired) electrons. The lowest BCUT2D eigenvalue weighted by atomic mass is 9.86. The average molecular weight is 226 g/mol. The van der Waals surface area contributed by atoms with E-state index in [1.54, 1.807) is 0 Å². The maximum absolute atomic E-state index is 10.7. The fraction of sp³-hybridized carbons (Fsp3) is 0.250. The molecule has 2 aromatic carbocycles. The highest BCUT2D eigenvalue weighted by Gasteiger charge is 2.25. The first-order valence-electron chi connectivity index (χ1n) is 5.87. The molecule has 0 fully saturated rings. The third kappa shape index (κ3) is 2.40. The Morgan fingerprint density at radius 1 is 0.824 bits per heavy atom. The second-order valence-corrected chi connectivity index (χ2v) is 4.81. The van der Waals surface area contributed by atoms with Gasteiger partial charge in [0.05, 0.1) is 0 Å². The Labute approximate surface area is 103 Å². The molecule has 0 amide bonds. The van der Waals surface area contributed by atoms with Gasteiger partial charge in [0.25, 0.3) is 0 Å². The summed E-state index contributed by atoms with van der Waals surface area (Å²) < 4.78 is 0. The van der Waals surface area contributed by atoms with E-state index in [1.807, 2.05) is 49.4 Å². The number of hydrogen-bond acceptors (Lipinski definition) is 1. The predicted octanol–water partition coefficient (Wildman–Crippen LogP) is 3.56. The highest BCUT2D eigenvalue weighted by Crippen LogP contribution is 2.30. The van der Waals surface area contributed by atoms with Crippen LogP contribution in [0.3, 0.4) is 0 Å². The summed E-state index contributed by atoms with van der Waals surface area (Å²) in [5, 5.41) is 10.7. The maximum atomic E-state index is 10.7. The Balaban J connectivity index is 2.51. The van der Waals surface area contributed by atoms with Gasteiger partial charge in [-0.2, -0.15) is 0 Å². The van der Waals surface area contributed by atoms with Crippen molar-refractivity contribution in [1.29, 1.82) is 0 Å². The van der Waals surface area contributed by atoms with Crippen LogP contribution in [-0.2, 0) is 5.60 Å². The van der Waals surface area contributed by atoms with E-state index in [9.17, 15) is 5.11 Å². The molecule has 0 aliphatic carbocycles. The first-order valence-corrected chi connectivity index (χ1v) is 5.87. The van der Waals surface area contributed by atoms with E-state index in [0.717, 1.165) is 11.1 Å². The van der Waals surface area contributed by atoms with Gasteiger partial charge in [-0.05, 0) is 31.9 Å². The Kier molecular flexibility index (Phi) is 3.03. The van der Waals surface area contributed by atoms with Crippen LogP contribution in [0, 0.1) is 13.8 Å². The normalized spacial score (nSPS) is 14.4. The highest BCUT2D eigenvalue weighted by atomic mass is 16.3. The van der Waals surface area contributed by atoms with Crippen LogP contribution in [0.1, 0.15) is 29.2 Å². The summed E-state index contributed by atoms with van der Waals surface area (Å²) in [6.45, 7) is 5.95. The van der Waals surface area contributed by atoms with Crippen molar-refractivity contribution in [1.82, 2.24) is 0 Å². The van der Waals surface area contributed by atoms with Crippen molar-refractivity contribution >= 4 is 0 Å². The molecule has 1 unspecified atom stereocenters. The zero-order valence-electron chi connectivity index (χ0n) is 10.6. The van der Waals surface area contributed by atoms with Gasteiger partial charge in [-0.3, -0.25) is 0 Å². The van der Waals surface area contributed by atoms with E-state index in [-0.39, 0.29) is 0 Å². The van der Waals surface area contributed by atoms with Gasteiger partial charge in [-0.25, -0.2) is 0 Å². The van der Waals surface area contributed by atoms with Gasteiger partial charge >= 0.3 is 0 Å². The molecule has 0 spiro atoms. The van der Waals surface area contributed by atoms with Crippen LogP contribution in [0.2, 0.25) is 0 Å². The van der Waals surface area contributed by atoms with Crippen LogP contribution in [-0.4, -0.2) is 5.11 Å². The van der Waals surface area contributed by atoms with E-state index < -0.39 is 5.60 Å². The molecule has 0 aliphatic rings. The summed E-state index contributed by atoms with van der Waals surface area (Å²) in [5.74, 6) is 0. The average Bonchev–Trinajstić information content (AvgIpc) is 2.29. The molecule has 1 heteroatoms. The second kappa shape index (κ2) is 4.34. The van der Waals surface area contributed by atoms with Crippen molar-refractivity contribution in [2.24, 2.45) is 0 Å². The molecule has 0 aromatic heterocycles. The van der Waals surface area contributed by atoms with E-state index in [1.165, 1.54) is 11.1 Å². The molecule has 88 valence electrons. The lowest BCUT2D eigenvalue weighted by Crippen LogP contribution is -2.22. The Morgan fingerprint density at radius 3 is 1.88 bits per heavy atom. The lowest BCUT2D eigenvalue weighted by Gasteiger charge is -2.25. The third-order valence-corrected chi connectivity index (χ3v) is 3.12. The fourth-order valence-corrected chi connectivity index (χ4v) is 2.19. The smallest absolute Gasteiger partial charge is 0.112 e. The van der Waals surface area contributed by atoms with Gasteiger partial charge in [0.2, 0.25) is 0 Å². The zero-order chi connectivity index (χ0) is 12.5. The van der Waals surface area contributed by atoms with Gasteiger partial charge in [0.15, 0.2) is 0 Å². The number of aryl methyl sites for hydroxylation is 2. The number of benzene rings is 2. The first-order chi connectivity index (χ1) is 8.00. The van der Waals surface area contributed by atoms with Crippen LogP contribution in [0.15, 0.2) is 48.5 Å². The van der Waals surface area contributed by atoms with Crippen molar-refractivity contribution in [2.75, 3.05) is 0 Å². The number of rotatable bonds is 2. The molecule has 1 atom stereocenters. The summed E-state index contributed by atoms with van der Waals surface area (Å²) in [4.78, 5) is 0. The summed E-state index contributed by atoms with van der Waals surface area (Å²) in [6.07, 6.45) is 0. The molecule has 0 saturated carbocycles. The van der Waals surface area contributed by atoms with Crippen molar-refractivity contribution < 1.29 is 5.11 Å². The molecule has 1 nitrogen and oxygen atoms in total. The summed E-state index contributed by atoms with van der Waals surface area (Å²) >= 11 is 0. The quantitative estimate of drug-likeness (QED) is 0.830. The van der Waals surface area contributed by atoms with Crippen molar-refractivity contribution in [3.05, 3.63) is 70.8 Å². The van der Waals surface area contributed by atoms with Crippen molar-refractivity contribution in [2.45, 2.75) is 26.4 Å². The summed E-state index contributed by atoms with van der Waals surface area (Å²) in [5.41, 5.74) is 3.29. The molecule has 0 heterocycles. The number of aliphatic hydroxyl groups is 1. The van der Waals surface area contributed by atoms with E-state index in [0.29, 0.717) is 0 Å². The van der Waals surface area contributed by atoms with Crippen LogP contribution < -0.4 is 0 Å². The Hall–Kier alpha value is -1.60. The maximum Gasteiger partial charge on any atom is 0.112 e. The minimum Gasteiger partial charge on any atom is -0.381 e. The minimum atomic E-state index is -0.933. The third-order valence-electron chi connectivity index (χ3n) is 3.12. The van der Waals surface area contributed by atoms with E-state index in [4.69, 9.17) is 0 Å². The molecule has 0 aliphatic heterocycles. The molecule has 0 bridgehead atoms. The van der Waals surface area contributed by atoms with Crippen molar-refractivity contribution in [3.8, 4) is 0 Å². The molecular weight excluding hydrogens is 208 g/mol. The standard InChI is InChI=1S/C16H18O/c1-12-9-13(2)11-15(10-12)16(3,17)14-7-5-4-6-8-14/h4-11,17H,1-3H3. The Bertz CT molecular complexity index is 492. The highest BCUT2D eigenvalue weighted by molar-refractivity contribution is 5.39. The fourth-order valence-electron chi connectivity index (χ4n) is 2.19. The summed E-state index contributed by atoms with van der Waals surface area (Å²) in [6, 6.07) is 16.0. The first kappa shape index (κ1) is 11.9. The molecule has 2 aromatic rings. The van der Waals surface area contributed by atoms with Crippen LogP contribution in [0.5, 0.6) is 0 Å². The molecule has 2 rings (SSSR count). The topological polar surface area (TPSA) is 20.2 Å². The predicted molar refractivity (Wildman–Crippen MR) is 71.0 cm³/mol. The molecule has 0 saturated heterocycles. The second-order valence-electron chi connectivity index (χ2n) is 4.81. The zero-order valence-corrected chi connectivity index (χ0v) is 10.6. The lowest BCUT2D eigenvalue weighted by molar-refractivity contribution is 0.102. The van der Waals surface area contributed by atoms with Crippen LogP contribution in [0.25, 0.3) is 0 Å². The minimum absolute atomic E-state index is 0.921. The van der Waals surface area contributed by atoms with Gasteiger partial charge in [-0.1, -0.05) is 59.7 Å². The molecule has 17 heavy (non-hydrogen) atoms. The van der Waals surface area contributed by atoms with Crippen molar-refractivity contribution in [3.63, 3.8) is 0 Å². The van der Waals surface area contributed by atoms with Gasteiger partial charge in [0.1, 0.15) is 5.60 Å². The van der Waals surface area contributed by atoms with Gasteiger partial charge < -0.3 is 5.11 Å². The molecule has 1 N–H and O–H groups in total. The Morgan fingerprint density at radius 2 is 1.35 bits per heavy atom.